The van der Waals surface area contributed by atoms with Gasteiger partial charge in [0, 0.05) is 39.2 Å². The van der Waals surface area contributed by atoms with Gasteiger partial charge in [-0.25, -0.2) is 0 Å². The summed E-state index contributed by atoms with van der Waals surface area (Å²) in [6, 6.07) is 0. The Bertz CT molecular complexity index is 283. The average molecular weight is 384 g/mol. The molecule has 0 atom stereocenters. The Hall–Kier alpha value is -0.570. The Balaban J connectivity index is 0.00000324. The number of nitrogens with zero attached hydrogens (tertiary/aromatic N) is 1. The van der Waals surface area contributed by atoms with Gasteiger partial charge in [0.2, 0.25) is 5.91 Å². The zero-order valence-electron chi connectivity index (χ0n) is 11.7. The van der Waals surface area contributed by atoms with Crippen LogP contribution in [0.25, 0.3) is 0 Å². The van der Waals surface area contributed by atoms with Gasteiger partial charge in [-0.15, -0.1) is 24.0 Å². The maximum atomic E-state index is 11.4. The summed E-state index contributed by atoms with van der Waals surface area (Å²) in [5, 5.41) is 9.15. The quantitative estimate of drug-likeness (QED) is 0.244. The van der Waals surface area contributed by atoms with Crippen LogP contribution in [-0.4, -0.2) is 51.8 Å². The molecule has 3 N–H and O–H groups in total. The highest BCUT2D eigenvalue weighted by Gasteiger charge is 2.28. The van der Waals surface area contributed by atoms with Crippen LogP contribution in [0.5, 0.6) is 0 Å². The highest BCUT2D eigenvalue weighted by Crippen LogP contribution is 2.28. The first-order chi connectivity index (χ1) is 8.77. The molecule has 19 heavy (non-hydrogen) atoms. The SMILES string of the molecule is CCOCCNC(=NC)NCCNC(=O)C1CC1.I. The number of hydrogen-bond donors (Lipinski definition) is 3. The van der Waals surface area contributed by atoms with Gasteiger partial charge in [-0.3, -0.25) is 9.79 Å². The van der Waals surface area contributed by atoms with E-state index >= 15 is 0 Å². The molecule has 0 bridgehead atoms. The van der Waals surface area contributed by atoms with Crippen LogP contribution in [0.15, 0.2) is 4.99 Å². The average Bonchev–Trinajstić information content (AvgIpc) is 3.21. The molecule has 0 aromatic heterocycles. The molecule has 0 aliphatic heterocycles. The van der Waals surface area contributed by atoms with Gasteiger partial charge in [-0.05, 0) is 19.8 Å². The van der Waals surface area contributed by atoms with E-state index in [1.807, 2.05) is 6.92 Å². The largest absolute Gasteiger partial charge is 0.380 e. The lowest BCUT2D eigenvalue weighted by molar-refractivity contribution is -0.122. The number of carbonyl (C=O) groups is 1. The van der Waals surface area contributed by atoms with Gasteiger partial charge in [-0.1, -0.05) is 0 Å². The first kappa shape index (κ1) is 18.4. The minimum atomic E-state index is 0. The summed E-state index contributed by atoms with van der Waals surface area (Å²) in [6.45, 7) is 5.38. The Morgan fingerprint density at radius 1 is 1.21 bits per heavy atom. The van der Waals surface area contributed by atoms with E-state index < -0.39 is 0 Å². The van der Waals surface area contributed by atoms with E-state index in [1.165, 1.54) is 0 Å². The monoisotopic (exact) mass is 384 g/mol. The van der Waals surface area contributed by atoms with Crippen molar-refractivity contribution >= 4 is 35.8 Å². The van der Waals surface area contributed by atoms with Crippen molar-refractivity contribution in [3.63, 3.8) is 0 Å². The molecule has 7 heteroatoms. The Morgan fingerprint density at radius 2 is 1.84 bits per heavy atom. The molecule has 1 saturated carbocycles. The van der Waals surface area contributed by atoms with Gasteiger partial charge in [0.15, 0.2) is 5.96 Å². The summed E-state index contributed by atoms with van der Waals surface area (Å²) in [5.74, 6) is 1.18. The molecule has 0 aromatic rings. The number of aliphatic imine (C=N–C) groups is 1. The highest BCUT2D eigenvalue weighted by atomic mass is 127. The Morgan fingerprint density at radius 3 is 2.42 bits per heavy atom. The van der Waals surface area contributed by atoms with Gasteiger partial charge >= 0.3 is 0 Å². The van der Waals surface area contributed by atoms with Crippen LogP contribution in [0, 0.1) is 5.92 Å². The van der Waals surface area contributed by atoms with Crippen molar-refractivity contribution in [1.29, 1.82) is 0 Å². The van der Waals surface area contributed by atoms with Crippen LogP contribution in [-0.2, 0) is 9.53 Å². The molecule has 1 aliphatic carbocycles. The summed E-state index contributed by atoms with van der Waals surface area (Å²) in [4.78, 5) is 15.4. The second-order valence-electron chi connectivity index (χ2n) is 4.19. The number of hydrogen-bond acceptors (Lipinski definition) is 3. The van der Waals surface area contributed by atoms with Gasteiger partial charge in [-0.2, -0.15) is 0 Å². The normalized spacial score (nSPS) is 14.5. The summed E-state index contributed by atoms with van der Waals surface area (Å²) in [7, 11) is 1.72. The molecule has 0 heterocycles. The number of guanidine groups is 1. The van der Waals surface area contributed by atoms with Crippen molar-refractivity contribution in [2.45, 2.75) is 19.8 Å². The Labute approximate surface area is 132 Å². The van der Waals surface area contributed by atoms with Gasteiger partial charge < -0.3 is 20.7 Å². The van der Waals surface area contributed by atoms with Crippen LogP contribution in [0.2, 0.25) is 0 Å². The maximum Gasteiger partial charge on any atom is 0.223 e. The third-order valence-corrected chi connectivity index (χ3v) is 2.63. The minimum absolute atomic E-state index is 0. The van der Waals surface area contributed by atoms with Crippen LogP contribution in [0.1, 0.15) is 19.8 Å². The first-order valence-electron chi connectivity index (χ1n) is 6.58. The molecule has 1 amide bonds. The van der Waals surface area contributed by atoms with Crippen molar-refractivity contribution in [2.24, 2.45) is 10.9 Å². The zero-order valence-corrected chi connectivity index (χ0v) is 14.0. The van der Waals surface area contributed by atoms with Crippen molar-refractivity contribution in [2.75, 3.05) is 39.9 Å². The molecule has 1 aliphatic rings. The smallest absolute Gasteiger partial charge is 0.223 e. The second kappa shape index (κ2) is 11.3. The molecule has 112 valence electrons. The fourth-order valence-electron chi connectivity index (χ4n) is 1.46. The molecular weight excluding hydrogens is 359 g/mol. The standard InChI is InChI=1S/C12H24N4O2.HI/c1-3-18-9-8-16-12(13-2)15-7-6-14-11(17)10-4-5-10;/h10H,3-9H2,1-2H3,(H,14,17)(H2,13,15,16);1H. The number of amides is 1. The molecule has 0 spiro atoms. The van der Waals surface area contributed by atoms with Crippen molar-refractivity contribution < 1.29 is 9.53 Å². The fourth-order valence-corrected chi connectivity index (χ4v) is 1.46. The van der Waals surface area contributed by atoms with Crippen LogP contribution in [0.4, 0.5) is 0 Å². The van der Waals surface area contributed by atoms with E-state index in [1.54, 1.807) is 7.05 Å². The number of rotatable bonds is 8. The van der Waals surface area contributed by atoms with Gasteiger partial charge in [0.1, 0.15) is 0 Å². The molecule has 1 fully saturated rings. The molecule has 0 aromatic carbocycles. The number of nitrogens with one attached hydrogen (secondary N) is 3. The van der Waals surface area contributed by atoms with Gasteiger partial charge in [0.25, 0.3) is 0 Å². The third kappa shape index (κ3) is 9.04. The van der Waals surface area contributed by atoms with Crippen molar-refractivity contribution in [3.8, 4) is 0 Å². The molecule has 0 unspecified atom stereocenters. The lowest BCUT2D eigenvalue weighted by atomic mass is 10.4. The summed E-state index contributed by atoms with van der Waals surface area (Å²) >= 11 is 0. The molecular formula is C12H25IN4O2. The minimum Gasteiger partial charge on any atom is -0.380 e. The number of carbonyl (C=O) groups excluding carboxylic acids is 1. The van der Waals surface area contributed by atoms with E-state index in [2.05, 4.69) is 20.9 Å². The van der Waals surface area contributed by atoms with Crippen LogP contribution < -0.4 is 16.0 Å². The predicted molar refractivity (Wildman–Crippen MR) is 87.0 cm³/mol. The summed E-state index contributed by atoms with van der Waals surface area (Å²) in [6.07, 6.45) is 2.08. The lowest BCUT2D eigenvalue weighted by Gasteiger charge is -2.12. The summed E-state index contributed by atoms with van der Waals surface area (Å²) in [5.41, 5.74) is 0. The maximum absolute atomic E-state index is 11.4. The first-order valence-corrected chi connectivity index (χ1v) is 6.58. The van der Waals surface area contributed by atoms with Crippen LogP contribution >= 0.6 is 24.0 Å². The van der Waals surface area contributed by atoms with Gasteiger partial charge in [0.05, 0.1) is 6.61 Å². The molecule has 0 radical (unpaired) electrons. The number of halogens is 1. The topological polar surface area (TPSA) is 74.8 Å². The second-order valence-corrected chi connectivity index (χ2v) is 4.19. The fraction of sp³-hybridized carbons (Fsp3) is 0.833. The Kier molecular flexibility index (Phi) is 10.9. The van der Waals surface area contributed by atoms with Crippen LogP contribution in [0.3, 0.4) is 0 Å². The molecule has 1 rings (SSSR count). The van der Waals surface area contributed by atoms with Crippen molar-refractivity contribution in [1.82, 2.24) is 16.0 Å². The van der Waals surface area contributed by atoms with Crippen molar-refractivity contribution in [3.05, 3.63) is 0 Å². The van der Waals surface area contributed by atoms with E-state index in [4.69, 9.17) is 4.74 Å². The molecule has 6 nitrogen and oxygen atoms in total. The highest BCUT2D eigenvalue weighted by molar-refractivity contribution is 14.0. The predicted octanol–water partition coefficient (Wildman–Crippen LogP) is 0.332. The lowest BCUT2D eigenvalue weighted by Crippen LogP contribution is -2.42. The number of ether oxygens (including phenoxy) is 1. The van der Waals surface area contributed by atoms with E-state index in [9.17, 15) is 4.79 Å². The molecule has 0 saturated heterocycles. The zero-order chi connectivity index (χ0) is 13.2. The summed E-state index contributed by atoms with van der Waals surface area (Å²) < 4.78 is 5.22. The van der Waals surface area contributed by atoms with E-state index in [0.717, 1.165) is 32.0 Å². The van der Waals surface area contributed by atoms with E-state index in [-0.39, 0.29) is 35.8 Å². The van der Waals surface area contributed by atoms with E-state index in [0.29, 0.717) is 19.7 Å². The third-order valence-electron chi connectivity index (χ3n) is 2.63.